The number of hydrogen-bond acceptors (Lipinski definition) is 2. The summed E-state index contributed by atoms with van der Waals surface area (Å²) in [4.78, 5) is 13.1. The molecule has 0 aliphatic heterocycles. The van der Waals surface area contributed by atoms with Gasteiger partial charge in [0.1, 0.15) is 0 Å². The third-order valence-electron chi connectivity index (χ3n) is 2.27. The lowest BCUT2D eigenvalue weighted by Crippen LogP contribution is -2.35. The van der Waals surface area contributed by atoms with Gasteiger partial charge in [-0.15, -0.1) is 0 Å². The zero-order chi connectivity index (χ0) is 12.1. The van der Waals surface area contributed by atoms with Crippen LogP contribution in [-0.4, -0.2) is 23.9 Å². The fourth-order valence-corrected chi connectivity index (χ4v) is 1.68. The van der Waals surface area contributed by atoms with Crippen LogP contribution in [0, 0.1) is 0 Å². The molecule has 0 atom stereocenters. The van der Waals surface area contributed by atoms with Crippen LogP contribution in [0.4, 0.5) is 0 Å². The number of carbonyl (C=O) groups is 1. The summed E-state index contributed by atoms with van der Waals surface area (Å²) < 4.78 is 0. The van der Waals surface area contributed by atoms with Gasteiger partial charge in [-0.05, 0) is 24.6 Å². The largest absolute Gasteiger partial charge is 0.338 e. The number of halogens is 2. The minimum Gasteiger partial charge on any atom is -0.338 e. The summed E-state index contributed by atoms with van der Waals surface area (Å²) >= 11 is 11.7. The molecule has 1 rings (SSSR count). The predicted octanol–water partition coefficient (Wildman–Crippen LogP) is 2.30. The molecule has 0 fully saturated rings. The van der Waals surface area contributed by atoms with Crippen LogP contribution in [0.2, 0.25) is 10.0 Å². The van der Waals surface area contributed by atoms with Gasteiger partial charge in [-0.1, -0.05) is 29.3 Å². The highest BCUT2D eigenvalue weighted by Gasteiger charge is 2.10. The van der Waals surface area contributed by atoms with E-state index in [0.717, 1.165) is 5.56 Å². The number of rotatable bonds is 4. The second-order valence-electron chi connectivity index (χ2n) is 3.36. The van der Waals surface area contributed by atoms with Crippen molar-refractivity contribution < 1.29 is 4.79 Å². The second-order valence-corrected chi connectivity index (χ2v) is 4.17. The Kier molecular flexibility index (Phi) is 5.06. The zero-order valence-corrected chi connectivity index (χ0v) is 10.6. The standard InChI is InChI=1S/C11H14Cl2N2O/c1-2-15(11(16)6-14)7-8-3-4-9(12)10(13)5-8/h3-5H,2,6-7,14H2,1H3. The number of carbonyl (C=O) groups excluding carboxylic acids is 1. The topological polar surface area (TPSA) is 46.3 Å². The van der Waals surface area contributed by atoms with Gasteiger partial charge in [-0.3, -0.25) is 4.79 Å². The number of hydrogen-bond donors (Lipinski definition) is 1. The van der Waals surface area contributed by atoms with Crippen molar-refractivity contribution in [2.24, 2.45) is 5.73 Å². The summed E-state index contributed by atoms with van der Waals surface area (Å²) in [5.74, 6) is -0.0754. The molecule has 0 aromatic heterocycles. The fraction of sp³-hybridized carbons (Fsp3) is 0.364. The minimum atomic E-state index is -0.0754. The van der Waals surface area contributed by atoms with Crippen LogP contribution in [0.1, 0.15) is 12.5 Å². The molecule has 1 amide bonds. The number of nitrogens with two attached hydrogens (primary N) is 1. The highest BCUT2D eigenvalue weighted by Crippen LogP contribution is 2.23. The second kappa shape index (κ2) is 6.09. The number of benzene rings is 1. The number of amides is 1. The third-order valence-corrected chi connectivity index (χ3v) is 3.01. The SMILES string of the molecule is CCN(Cc1ccc(Cl)c(Cl)c1)C(=O)CN. The molecule has 2 N–H and O–H groups in total. The van der Waals surface area contributed by atoms with Crippen LogP contribution in [0.5, 0.6) is 0 Å². The molecule has 0 saturated heterocycles. The molecule has 0 spiro atoms. The monoisotopic (exact) mass is 260 g/mol. The van der Waals surface area contributed by atoms with Crippen molar-refractivity contribution in [2.45, 2.75) is 13.5 Å². The first kappa shape index (κ1) is 13.3. The van der Waals surface area contributed by atoms with Crippen molar-refractivity contribution in [2.75, 3.05) is 13.1 Å². The van der Waals surface area contributed by atoms with Crippen LogP contribution in [0.3, 0.4) is 0 Å². The smallest absolute Gasteiger partial charge is 0.236 e. The molecule has 3 nitrogen and oxygen atoms in total. The Hall–Kier alpha value is -0.770. The summed E-state index contributed by atoms with van der Waals surface area (Å²) in [5.41, 5.74) is 6.26. The number of likely N-dealkylation sites (N-methyl/N-ethyl adjacent to an activating group) is 1. The van der Waals surface area contributed by atoms with E-state index in [1.165, 1.54) is 0 Å². The maximum absolute atomic E-state index is 11.4. The molecule has 0 aliphatic rings. The molecule has 0 unspecified atom stereocenters. The van der Waals surface area contributed by atoms with E-state index in [2.05, 4.69) is 0 Å². The van der Waals surface area contributed by atoms with Crippen molar-refractivity contribution in [3.8, 4) is 0 Å². The Bertz CT molecular complexity index is 382. The fourth-order valence-electron chi connectivity index (χ4n) is 1.36. The first-order valence-electron chi connectivity index (χ1n) is 5.00. The lowest BCUT2D eigenvalue weighted by molar-refractivity contribution is -0.130. The van der Waals surface area contributed by atoms with Crippen LogP contribution in [0.25, 0.3) is 0 Å². The highest BCUT2D eigenvalue weighted by molar-refractivity contribution is 6.42. The molecule has 0 radical (unpaired) electrons. The van der Waals surface area contributed by atoms with Gasteiger partial charge < -0.3 is 10.6 Å². The normalized spacial score (nSPS) is 10.2. The van der Waals surface area contributed by atoms with Gasteiger partial charge >= 0.3 is 0 Å². The molecule has 0 bridgehead atoms. The summed E-state index contributed by atoms with van der Waals surface area (Å²) in [6, 6.07) is 5.33. The molecule has 0 saturated carbocycles. The van der Waals surface area contributed by atoms with E-state index in [0.29, 0.717) is 23.1 Å². The number of nitrogens with zero attached hydrogens (tertiary/aromatic N) is 1. The highest BCUT2D eigenvalue weighted by atomic mass is 35.5. The lowest BCUT2D eigenvalue weighted by atomic mass is 10.2. The Morgan fingerprint density at radius 2 is 2.06 bits per heavy atom. The first-order chi connectivity index (χ1) is 7.58. The molecule has 5 heteroatoms. The van der Waals surface area contributed by atoms with Gasteiger partial charge in [0.15, 0.2) is 0 Å². The van der Waals surface area contributed by atoms with Crippen LogP contribution < -0.4 is 5.73 Å². The molecular weight excluding hydrogens is 247 g/mol. The van der Waals surface area contributed by atoms with Crippen LogP contribution >= 0.6 is 23.2 Å². The average Bonchev–Trinajstić information content (AvgIpc) is 2.29. The van der Waals surface area contributed by atoms with E-state index in [4.69, 9.17) is 28.9 Å². The Morgan fingerprint density at radius 1 is 1.38 bits per heavy atom. The predicted molar refractivity (Wildman–Crippen MR) is 66.6 cm³/mol. The van der Waals surface area contributed by atoms with Crippen molar-refractivity contribution in [1.82, 2.24) is 4.90 Å². The van der Waals surface area contributed by atoms with Gasteiger partial charge in [-0.2, -0.15) is 0 Å². The van der Waals surface area contributed by atoms with Crippen molar-refractivity contribution in [3.05, 3.63) is 33.8 Å². The third kappa shape index (κ3) is 3.37. The quantitative estimate of drug-likeness (QED) is 0.903. The molecule has 16 heavy (non-hydrogen) atoms. The summed E-state index contributed by atoms with van der Waals surface area (Å²) in [7, 11) is 0. The Labute approximate surface area is 105 Å². The van der Waals surface area contributed by atoms with E-state index in [9.17, 15) is 4.79 Å². The van der Waals surface area contributed by atoms with E-state index < -0.39 is 0 Å². The van der Waals surface area contributed by atoms with Crippen molar-refractivity contribution in [3.63, 3.8) is 0 Å². The van der Waals surface area contributed by atoms with Gasteiger partial charge in [0, 0.05) is 13.1 Å². The van der Waals surface area contributed by atoms with Gasteiger partial charge in [-0.25, -0.2) is 0 Å². The maximum atomic E-state index is 11.4. The molecule has 0 aliphatic carbocycles. The summed E-state index contributed by atoms with van der Waals surface area (Å²) in [6.45, 7) is 3.06. The minimum absolute atomic E-state index is 0.0230. The Balaban J connectivity index is 2.78. The van der Waals surface area contributed by atoms with E-state index in [1.807, 2.05) is 13.0 Å². The van der Waals surface area contributed by atoms with E-state index in [-0.39, 0.29) is 12.5 Å². The van der Waals surface area contributed by atoms with Crippen LogP contribution in [-0.2, 0) is 11.3 Å². The summed E-state index contributed by atoms with van der Waals surface area (Å²) in [6.07, 6.45) is 0. The summed E-state index contributed by atoms with van der Waals surface area (Å²) in [5, 5.41) is 1.01. The zero-order valence-electron chi connectivity index (χ0n) is 9.04. The van der Waals surface area contributed by atoms with Gasteiger partial charge in [0.25, 0.3) is 0 Å². The maximum Gasteiger partial charge on any atom is 0.236 e. The van der Waals surface area contributed by atoms with Crippen molar-refractivity contribution in [1.29, 1.82) is 0 Å². The first-order valence-corrected chi connectivity index (χ1v) is 5.75. The molecule has 1 aromatic carbocycles. The van der Waals surface area contributed by atoms with Gasteiger partial charge in [0.2, 0.25) is 5.91 Å². The average molecular weight is 261 g/mol. The Morgan fingerprint density at radius 3 is 2.56 bits per heavy atom. The van der Waals surface area contributed by atoms with Crippen LogP contribution in [0.15, 0.2) is 18.2 Å². The van der Waals surface area contributed by atoms with Crippen molar-refractivity contribution >= 4 is 29.1 Å². The molecular formula is C11H14Cl2N2O. The molecule has 0 heterocycles. The molecule has 88 valence electrons. The van der Waals surface area contributed by atoms with Gasteiger partial charge in [0.05, 0.1) is 16.6 Å². The molecule has 1 aromatic rings. The van der Waals surface area contributed by atoms with E-state index in [1.54, 1.807) is 17.0 Å². The van der Waals surface area contributed by atoms with E-state index >= 15 is 0 Å². The lowest BCUT2D eigenvalue weighted by Gasteiger charge is -2.20.